The first-order chi connectivity index (χ1) is 3.42. The van der Waals surface area contributed by atoms with Crippen molar-refractivity contribution in [2.75, 3.05) is 0 Å². The molecule has 0 aromatic carbocycles. The van der Waals surface area contributed by atoms with Gasteiger partial charge in [-0.2, -0.15) is 0 Å². The largest absolute Gasteiger partial charge is 0.254 e. The highest BCUT2D eigenvalue weighted by Gasteiger charge is 2.51. The molecule has 3 heteroatoms. The predicted octanol–water partition coefficient (Wildman–Crippen LogP) is 0.514. The monoisotopic (exact) mass is 98.0 g/mol. The molecule has 0 radical (unpaired) electrons. The van der Waals surface area contributed by atoms with E-state index >= 15 is 0 Å². The predicted molar refractivity (Wildman–Crippen MR) is 24.4 cm³/mol. The summed E-state index contributed by atoms with van der Waals surface area (Å²) in [7, 11) is 0. The molecule has 7 heavy (non-hydrogen) atoms. The maximum atomic E-state index is 9.70. The SMILES string of the molecule is O=NN1C2CC1C2. The molecule has 0 aromatic rings. The summed E-state index contributed by atoms with van der Waals surface area (Å²) in [6, 6.07) is 1.09. The van der Waals surface area contributed by atoms with Gasteiger partial charge in [0.25, 0.3) is 0 Å². The minimum absolute atomic E-state index is 0.544. The van der Waals surface area contributed by atoms with E-state index in [4.69, 9.17) is 0 Å². The average Bonchev–Trinajstić information content (AvgIpc) is 1.24. The Kier molecular flexibility index (Phi) is 0.392. The summed E-state index contributed by atoms with van der Waals surface area (Å²) in [5.74, 6) is 0. The number of hydrogen-bond donors (Lipinski definition) is 0. The third kappa shape index (κ3) is 0.206. The van der Waals surface area contributed by atoms with Crippen molar-refractivity contribution in [2.45, 2.75) is 24.9 Å². The zero-order valence-electron chi connectivity index (χ0n) is 3.87. The van der Waals surface area contributed by atoms with Gasteiger partial charge in [0.1, 0.15) is 0 Å². The maximum absolute atomic E-state index is 9.70. The summed E-state index contributed by atoms with van der Waals surface area (Å²) >= 11 is 0. The van der Waals surface area contributed by atoms with Gasteiger partial charge in [-0.25, -0.2) is 0 Å². The molecule has 2 heterocycles. The zero-order chi connectivity index (χ0) is 4.85. The Hall–Kier alpha value is -0.600. The van der Waals surface area contributed by atoms with E-state index in [1.165, 1.54) is 12.8 Å². The molecule has 0 aromatic heterocycles. The molecule has 2 bridgehead atoms. The molecule has 3 rings (SSSR count). The second kappa shape index (κ2) is 0.804. The first-order valence-electron chi connectivity index (χ1n) is 2.53. The van der Waals surface area contributed by atoms with Crippen LogP contribution in [0.2, 0.25) is 0 Å². The number of nitrogens with zero attached hydrogens (tertiary/aromatic N) is 2. The second-order valence-corrected chi connectivity index (χ2v) is 2.24. The lowest BCUT2D eigenvalue weighted by molar-refractivity contribution is -0.107. The summed E-state index contributed by atoms with van der Waals surface area (Å²) in [4.78, 5) is 9.70. The molecule has 3 nitrogen and oxygen atoms in total. The lowest BCUT2D eigenvalue weighted by atomic mass is 9.75. The van der Waals surface area contributed by atoms with Crippen LogP contribution in [0.3, 0.4) is 0 Å². The summed E-state index contributed by atoms with van der Waals surface area (Å²) in [6.07, 6.45) is 2.43. The van der Waals surface area contributed by atoms with Gasteiger partial charge < -0.3 is 0 Å². The van der Waals surface area contributed by atoms with Crippen molar-refractivity contribution in [3.63, 3.8) is 0 Å². The smallest absolute Gasteiger partial charge is 0.0546 e. The Morgan fingerprint density at radius 1 is 1.43 bits per heavy atom. The van der Waals surface area contributed by atoms with E-state index in [0.29, 0.717) is 12.1 Å². The summed E-state index contributed by atoms with van der Waals surface area (Å²) in [6.45, 7) is 0. The maximum Gasteiger partial charge on any atom is 0.0546 e. The van der Waals surface area contributed by atoms with Crippen LogP contribution in [0.25, 0.3) is 0 Å². The minimum Gasteiger partial charge on any atom is -0.254 e. The van der Waals surface area contributed by atoms with Crippen molar-refractivity contribution in [3.05, 3.63) is 4.91 Å². The van der Waals surface area contributed by atoms with Gasteiger partial charge >= 0.3 is 0 Å². The average molecular weight is 98.1 g/mol. The summed E-state index contributed by atoms with van der Waals surface area (Å²) < 4.78 is 0. The lowest BCUT2D eigenvalue weighted by Crippen LogP contribution is -2.65. The fourth-order valence-electron chi connectivity index (χ4n) is 1.15. The standard InChI is InChI=1S/C4H6N2O/c7-5-6-3-1-4(6)2-3/h3-4H,1-2H2. The Morgan fingerprint density at radius 3 is 2.00 bits per heavy atom. The molecule has 0 spiro atoms. The van der Waals surface area contributed by atoms with Gasteiger partial charge in [0.15, 0.2) is 0 Å². The van der Waals surface area contributed by atoms with Gasteiger partial charge in [-0.1, -0.05) is 0 Å². The van der Waals surface area contributed by atoms with Crippen LogP contribution in [0.4, 0.5) is 0 Å². The van der Waals surface area contributed by atoms with Crippen LogP contribution < -0.4 is 0 Å². The normalized spacial score (nSPS) is 44.3. The molecule has 0 atom stereocenters. The highest BCUT2D eigenvalue weighted by atomic mass is 16.3. The third-order valence-electron chi connectivity index (χ3n) is 1.93. The topological polar surface area (TPSA) is 32.7 Å². The van der Waals surface area contributed by atoms with Crippen LogP contribution in [0, 0.1) is 4.91 Å². The first-order valence-corrected chi connectivity index (χ1v) is 2.53. The zero-order valence-corrected chi connectivity index (χ0v) is 3.87. The highest BCUT2D eigenvalue weighted by Crippen LogP contribution is 2.43. The van der Waals surface area contributed by atoms with Crippen molar-refractivity contribution >= 4 is 0 Å². The number of hydrogen-bond acceptors (Lipinski definition) is 2. The van der Waals surface area contributed by atoms with E-state index in [1.807, 2.05) is 0 Å². The van der Waals surface area contributed by atoms with Gasteiger partial charge in [0, 0.05) is 0 Å². The molecule has 0 N–H and O–H groups in total. The lowest BCUT2D eigenvalue weighted by Gasteiger charge is -2.56. The van der Waals surface area contributed by atoms with Crippen LogP contribution in [0.5, 0.6) is 0 Å². The number of nitroso groups, excluding NO2 is 1. The van der Waals surface area contributed by atoms with Crippen LogP contribution in [-0.4, -0.2) is 17.1 Å². The van der Waals surface area contributed by atoms with E-state index in [0.717, 1.165) is 0 Å². The van der Waals surface area contributed by atoms with Crippen molar-refractivity contribution in [1.82, 2.24) is 5.01 Å². The van der Waals surface area contributed by atoms with Crippen LogP contribution in [0.1, 0.15) is 12.8 Å². The van der Waals surface area contributed by atoms with E-state index in [2.05, 4.69) is 5.29 Å². The molecule has 0 amide bonds. The Bertz CT molecular complexity index is 100. The van der Waals surface area contributed by atoms with Crippen molar-refractivity contribution in [1.29, 1.82) is 0 Å². The van der Waals surface area contributed by atoms with Crippen molar-refractivity contribution in [3.8, 4) is 0 Å². The summed E-state index contributed by atoms with van der Waals surface area (Å²) in [5, 5.41) is 4.45. The molecule has 2 saturated heterocycles. The molecule has 2 aliphatic heterocycles. The van der Waals surface area contributed by atoms with E-state index < -0.39 is 0 Å². The van der Waals surface area contributed by atoms with Gasteiger partial charge in [-0.3, -0.25) is 5.01 Å². The molecular weight excluding hydrogens is 92.1 g/mol. The van der Waals surface area contributed by atoms with E-state index in [9.17, 15) is 4.91 Å². The Morgan fingerprint density at radius 2 is 2.00 bits per heavy atom. The highest BCUT2D eigenvalue weighted by molar-refractivity contribution is 5.04. The quantitative estimate of drug-likeness (QED) is 0.448. The third-order valence-corrected chi connectivity index (χ3v) is 1.93. The first kappa shape index (κ1) is 3.41. The fraction of sp³-hybridized carbons (Fsp3) is 1.00. The fourth-order valence-corrected chi connectivity index (χ4v) is 1.15. The van der Waals surface area contributed by atoms with Crippen LogP contribution in [0.15, 0.2) is 5.29 Å². The van der Waals surface area contributed by atoms with Crippen molar-refractivity contribution in [2.24, 2.45) is 5.29 Å². The molecule has 38 valence electrons. The van der Waals surface area contributed by atoms with Crippen LogP contribution >= 0.6 is 0 Å². The van der Waals surface area contributed by atoms with Gasteiger partial charge in [-0.05, 0) is 12.8 Å². The van der Waals surface area contributed by atoms with Crippen LogP contribution in [-0.2, 0) is 0 Å². The van der Waals surface area contributed by atoms with Gasteiger partial charge in [0.05, 0.1) is 17.4 Å². The minimum atomic E-state index is 0.544. The van der Waals surface area contributed by atoms with Gasteiger partial charge in [0.2, 0.25) is 0 Å². The molecular formula is C4H6N2O. The van der Waals surface area contributed by atoms with Gasteiger partial charge in [-0.15, -0.1) is 4.91 Å². The van der Waals surface area contributed by atoms with E-state index in [-0.39, 0.29) is 0 Å². The van der Waals surface area contributed by atoms with E-state index in [1.54, 1.807) is 5.01 Å². The molecule has 3 fully saturated rings. The molecule has 1 saturated carbocycles. The molecule has 0 unspecified atom stereocenters. The number of rotatable bonds is 1. The van der Waals surface area contributed by atoms with Crippen molar-refractivity contribution < 1.29 is 0 Å². The Balaban J connectivity index is 2.05. The molecule has 1 aliphatic carbocycles. The second-order valence-electron chi connectivity index (χ2n) is 2.24. The summed E-state index contributed by atoms with van der Waals surface area (Å²) in [5.41, 5.74) is 0. The molecule has 3 aliphatic rings. The Labute approximate surface area is 41.2 Å².